The van der Waals surface area contributed by atoms with Crippen LogP contribution in [0.1, 0.15) is 162 Å². The van der Waals surface area contributed by atoms with Crippen molar-refractivity contribution in [3.8, 4) is 22.3 Å². The Morgan fingerprint density at radius 1 is 0.386 bits per heavy atom. The van der Waals surface area contributed by atoms with E-state index in [1.165, 1.54) is 131 Å². The van der Waals surface area contributed by atoms with E-state index < -0.39 is 0 Å². The molecule has 7 aromatic carbocycles. The van der Waals surface area contributed by atoms with Crippen molar-refractivity contribution in [1.82, 2.24) is 0 Å². The number of nitrogens with zero attached hydrogens (tertiary/aromatic N) is 2. The summed E-state index contributed by atoms with van der Waals surface area (Å²) in [5, 5.41) is 0. The molecule has 2 heterocycles. The number of hydrogen-bond donors (Lipinski definition) is 0. The van der Waals surface area contributed by atoms with E-state index in [-0.39, 0.29) is 39.2 Å². The minimum atomic E-state index is -0.137. The standard InChI is InChI=1S/C67H75BN2/c1-42-26-27-45(43-22-18-16-19-23-43)34-56(42)70-58-41-52-50(65(10,11)31-33-67(52,14)15)39-54(58)68-53-38-49-51(66(12,13)32-30-64(49,8)9)40-57(53)69(59-36-47(63(5,6)7)37-60(70)61(59)68)55-29-28-46(62(2,3)4)35-48(55)44-24-20-17-21-25-44/h16-29,34-41H,30-33H2,1-15H3. The Morgan fingerprint density at radius 3 is 1.30 bits per heavy atom. The molecule has 0 radical (unpaired) electrons. The highest BCUT2D eigenvalue weighted by Crippen LogP contribution is 2.54. The highest BCUT2D eigenvalue weighted by molar-refractivity contribution is 7.00. The molecule has 0 N–H and O–H groups in total. The molecular weight excluding hydrogens is 844 g/mol. The van der Waals surface area contributed by atoms with Gasteiger partial charge in [-0.05, 0) is 180 Å². The fourth-order valence-electron chi connectivity index (χ4n) is 12.8. The molecular formula is C67H75BN2. The van der Waals surface area contributed by atoms with E-state index in [1.54, 1.807) is 0 Å². The Morgan fingerprint density at radius 2 is 0.829 bits per heavy atom. The van der Waals surface area contributed by atoms with Gasteiger partial charge in [0.2, 0.25) is 0 Å². The Labute approximate surface area is 421 Å². The number of benzene rings is 7. The van der Waals surface area contributed by atoms with E-state index in [9.17, 15) is 0 Å². The van der Waals surface area contributed by atoms with Crippen LogP contribution in [0.5, 0.6) is 0 Å². The Kier molecular flexibility index (Phi) is 10.4. The van der Waals surface area contributed by atoms with Gasteiger partial charge < -0.3 is 9.80 Å². The number of fused-ring (bicyclic) bond motifs is 6. The van der Waals surface area contributed by atoms with Gasteiger partial charge in [-0.15, -0.1) is 0 Å². The summed E-state index contributed by atoms with van der Waals surface area (Å²) >= 11 is 0. The molecule has 11 rings (SSSR count). The lowest BCUT2D eigenvalue weighted by atomic mass is 9.32. The molecule has 0 amide bonds. The molecule has 0 fully saturated rings. The summed E-state index contributed by atoms with van der Waals surface area (Å²) in [4.78, 5) is 5.45. The van der Waals surface area contributed by atoms with Crippen LogP contribution in [0.2, 0.25) is 0 Å². The fraction of sp³-hybridized carbons (Fsp3) is 0.373. The molecule has 0 bridgehead atoms. The van der Waals surface area contributed by atoms with Gasteiger partial charge in [0.25, 0.3) is 6.71 Å². The van der Waals surface area contributed by atoms with Crippen LogP contribution in [0.15, 0.2) is 133 Å². The number of aryl methyl sites for hydroxylation is 1. The highest BCUT2D eigenvalue weighted by Gasteiger charge is 2.49. The predicted molar refractivity (Wildman–Crippen MR) is 304 cm³/mol. The molecule has 2 nitrogen and oxygen atoms in total. The summed E-state index contributed by atoms with van der Waals surface area (Å²) in [5.41, 5.74) is 26.9. The summed E-state index contributed by atoms with van der Waals surface area (Å²) in [6.07, 6.45) is 4.67. The summed E-state index contributed by atoms with van der Waals surface area (Å²) in [7, 11) is 0. The second-order valence-corrected chi connectivity index (χ2v) is 26.4. The molecule has 70 heavy (non-hydrogen) atoms. The minimum Gasteiger partial charge on any atom is -0.311 e. The van der Waals surface area contributed by atoms with Gasteiger partial charge in [-0.2, -0.15) is 0 Å². The predicted octanol–water partition coefficient (Wildman–Crippen LogP) is 16.7. The SMILES string of the molecule is Cc1ccc(-c2ccccc2)cc1N1c2cc3c(cc2B2c4cc5c(cc4N(c4ccc(C(C)(C)C)cc4-c4ccccc4)c4cc(C(C)(C)C)cc1c42)C(C)(C)CCC5(C)C)C(C)(C)CCC3(C)C. The lowest BCUT2D eigenvalue weighted by molar-refractivity contribution is 0.332. The molecule has 356 valence electrons. The number of anilines is 6. The van der Waals surface area contributed by atoms with Gasteiger partial charge in [0, 0.05) is 34.0 Å². The maximum absolute atomic E-state index is 2.73. The van der Waals surface area contributed by atoms with Crippen molar-refractivity contribution in [2.24, 2.45) is 0 Å². The third-order valence-corrected chi connectivity index (χ3v) is 17.6. The quantitative estimate of drug-likeness (QED) is 0.162. The average molecular weight is 919 g/mol. The minimum absolute atomic E-state index is 0.0143. The van der Waals surface area contributed by atoms with Gasteiger partial charge in [0.15, 0.2) is 0 Å². The summed E-state index contributed by atoms with van der Waals surface area (Å²) in [6.45, 7) is 36.5. The first-order valence-electron chi connectivity index (χ1n) is 26.4. The van der Waals surface area contributed by atoms with Crippen LogP contribution >= 0.6 is 0 Å². The van der Waals surface area contributed by atoms with Gasteiger partial charge in [-0.3, -0.25) is 0 Å². The van der Waals surface area contributed by atoms with E-state index in [1.807, 2.05) is 0 Å². The number of rotatable bonds is 4. The molecule has 0 spiro atoms. The van der Waals surface area contributed by atoms with Gasteiger partial charge >= 0.3 is 0 Å². The van der Waals surface area contributed by atoms with Crippen molar-refractivity contribution in [1.29, 1.82) is 0 Å². The van der Waals surface area contributed by atoms with E-state index in [0.29, 0.717) is 0 Å². The first-order valence-corrected chi connectivity index (χ1v) is 26.4. The smallest absolute Gasteiger partial charge is 0.252 e. The van der Waals surface area contributed by atoms with Gasteiger partial charge in [0.1, 0.15) is 0 Å². The molecule has 2 aliphatic carbocycles. The molecule has 2 aliphatic heterocycles. The van der Waals surface area contributed by atoms with Crippen molar-refractivity contribution in [2.75, 3.05) is 9.80 Å². The monoisotopic (exact) mass is 919 g/mol. The molecule has 4 aliphatic rings. The normalized spacial score (nSPS) is 18.1. The molecule has 0 saturated heterocycles. The zero-order valence-corrected chi connectivity index (χ0v) is 45.0. The fourth-order valence-corrected chi connectivity index (χ4v) is 12.8. The van der Waals surface area contributed by atoms with E-state index in [0.717, 1.165) is 6.42 Å². The third kappa shape index (κ3) is 7.34. The zero-order valence-electron chi connectivity index (χ0n) is 45.0. The number of hydrogen-bond acceptors (Lipinski definition) is 2. The van der Waals surface area contributed by atoms with Crippen molar-refractivity contribution in [2.45, 2.75) is 162 Å². The Balaban J connectivity index is 1.33. The zero-order chi connectivity index (χ0) is 49.7. The third-order valence-electron chi connectivity index (χ3n) is 17.6. The second-order valence-electron chi connectivity index (χ2n) is 26.4. The van der Waals surface area contributed by atoms with Crippen LogP contribution in [0.25, 0.3) is 22.3 Å². The second kappa shape index (κ2) is 15.6. The maximum Gasteiger partial charge on any atom is 0.252 e. The molecule has 0 aromatic heterocycles. The van der Waals surface area contributed by atoms with Crippen LogP contribution in [-0.2, 0) is 32.5 Å². The summed E-state index contributed by atoms with van der Waals surface area (Å²) in [5.74, 6) is 0. The van der Waals surface area contributed by atoms with Crippen molar-refractivity contribution in [3.05, 3.63) is 172 Å². The lowest BCUT2D eigenvalue weighted by Crippen LogP contribution is -2.62. The maximum atomic E-state index is 2.73. The highest BCUT2D eigenvalue weighted by atomic mass is 15.2. The van der Waals surface area contributed by atoms with Crippen molar-refractivity contribution >= 4 is 57.2 Å². The Hall–Kier alpha value is -5.80. The van der Waals surface area contributed by atoms with Crippen molar-refractivity contribution in [3.63, 3.8) is 0 Å². The summed E-state index contributed by atoms with van der Waals surface area (Å²) in [6, 6.07) is 52.6. The molecule has 7 aromatic rings. The van der Waals surface area contributed by atoms with Gasteiger partial charge in [-0.25, -0.2) is 0 Å². The Bertz CT molecular complexity index is 3240. The van der Waals surface area contributed by atoms with E-state index in [4.69, 9.17) is 0 Å². The van der Waals surface area contributed by atoms with Gasteiger partial charge in [-0.1, -0.05) is 188 Å². The molecule has 0 unspecified atom stereocenters. The van der Waals surface area contributed by atoms with Crippen LogP contribution in [0.4, 0.5) is 34.1 Å². The van der Waals surface area contributed by atoms with Crippen LogP contribution < -0.4 is 26.2 Å². The molecule has 0 saturated carbocycles. The molecule has 0 atom stereocenters. The largest absolute Gasteiger partial charge is 0.311 e. The lowest BCUT2D eigenvalue weighted by Gasteiger charge is -2.49. The van der Waals surface area contributed by atoms with Gasteiger partial charge in [0.05, 0.1) is 5.69 Å². The first-order chi connectivity index (χ1) is 32.9. The van der Waals surface area contributed by atoms with Crippen LogP contribution in [-0.4, -0.2) is 6.71 Å². The van der Waals surface area contributed by atoms with Crippen LogP contribution in [0, 0.1) is 6.92 Å². The molecule has 3 heteroatoms. The van der Waals surface area contributed by atoms with Crippen LogP contribution in [0.3, 0.4) is 0 Å². The first kappa shape index (κ1) is 46.6. The van der Waals surface area contributed by atoms with E-state index >= 15 is 0 Å². The average Bonchev–Trinajstić information content (AvgIpc) is 3.31. The van der Waals surface area contributed by atoms with E-state index in [2.05, 4.69) is 247 Å². The van der Waals surface area contributed by atoms with Crippen molar-refractivity contribution < 1.29 is 0 Å². The summed E-state index contributed by atoms with van der Waals surface area (Å²) < 4.78 is 0. The topological polar surface area (TPSA) is 6.48 Å².